The summed E-state index contributed by atoms with van der Waals surface area (Å²) < 4.78 is 27.1. The van der Waals surface area contributed by atoms with Crippen molar-refractivity contribution >= 4 is 55.9 Å². The number of aromatic amines is 1. The van der Waals surface area contributed by atoms with Crippen molar-refractivity contribution < 1.29 is 18.0 Å². The molecule has 0 spiro atoms. The second-order valence-corrected chi connectivity index (χ2v) is 11.7. The lowest BCUT2D eigenvalue weighted by atomic mass is 10.1. The molecular weight excluding hydrogens is 556 g/mol. The zero-order chi connectivity index (χ0) is 28.8. The van der Waals surface area contributed by atoms with Crippen LogP contribution in [0.15, 0.2) is 84.0 Å². The Morgan fingerprint density at radius 1 is 0.976 bits per heavy atom. The highest BCUT2D eigenvalue weighted by molar-refractivity contribution is 7.89. The third-order valence-corrected chi connectivity index (χ3v) is 8.86. The largest absolute Gasteiger partial charge is 0.325 e. The number of hydrogen-bond acceptors (Lipinski definition) is 9. The number of carbonyl (C=O) groups is 2. The van der Waals surface area contributed by atoms with E-state index in [1.165, 1.54) is 4.90 Å². The number of rotatable bonds is 8. The third kappa shape index (κ3) is 4.44. The SMILES string of the molecule is O=C1c2ccccc2C(=O)N1CCCN(c1ccnc(Nc2ccc3c(c2)S(=O)(=O)NC3)n1)c1cccc2[nH]ncc12. The van der Waals surface area contributed by atoms with Gasteiger partial charge in [-0.1, -0.05) is 24.3 Å². The molecule has 5 aromatic rings. The minimum atomic E-state index is -3.54. The fraction of sp³-hybridized carbons (Fsp3) is 0.138. The van der Waals surface area contributed by atoms with Crippen LogP contribution in [-0.2, 0) is 16.6 Å². The molecule has 12 nitrogen and oxygen atoms in total. The van der Waals surface area contributed by atoms with Crippen LogP contribution in [0.4, 0.5) is 23.1 Å². The average molecular weight is 581 g/mol. The molecule has 7 rings (SSSR count). The Kier molecular flexibility index (Phi) is 6.17. The fourth-order valence-electron chi connectivity index (χ4n) is 5.34. The van der Waals surface area contributed by atoms with Crippen LogP contribution < -0.4 is 14.9 Å². The zero-order valence-electron chi connectivity index (χ0n) is 22.1. The summed E-state index contributed by atoms with van der Waals surface area (Å²) in [6.45, 7) is 0.925. The molecule has 42 heavy (non-hydrogen) atoms. The van der Waals surface area contributed by atoms with Crippen LogP contribution in [0.1, 0.15) is 32.7 Å². The average Bonchev–Trinajstić information content (AvgIpc) is 3.67. The van der Waals surface area contributed by atoms with Crippen molar-refractivity contribution in [2.45, 2.75) is 17.9 Å². The number of sulfonamides is 1. The molecule has 0 bridgehead atoms. The lowest BCUT2D eigenvalue weighted by Gasteiger charge is -2.26. The molecule has 2 aromatic heterocycles. The molecule has 0 saturated heterocycles. The van der Waals surface area contributed by atoms with Gasteiger partial charge in [-0.25, -0.2) is 18.1 Å². The van der Waals surface area contributed by atoms with Crippen molar-refractivity contribution in [1.29, 1.82) is 0 Å². The Bertz CT molecular complexity index is 1960. The second-order valence-electron chi connectivity index (χ2n) is 9.93. The number of nitrogens with zero attached hydrogens (tertiary/aromatic N) is 5. The number of nitrogens with one attached hydrogen (secondary N) is 3. The van der Waals surface area contributed by atoms with Crippen LogP contribution in [0.5, 0.6) is 0 Å². The minimum absolute atomic E-state index is 0.227. The van der Waals surface area contributed by atoms with Gasteiger partial charge < -0.3 is 10.2 Å². The van der Waals surface area contributed by atoms with Crippen molar-refractivity contribution in [3.8, 4) is 0 Å². The Morgan fingerprint density at radius 3 is 2.60 bits per heavy atom. The number of fused-ring (bicyclic) bond motifs is 3. The predicted molar refractivity (Wildman–Crippen MR) is 155 cm³/mol. The summed E-state index contributed by atoms with van der Waals surface area (Å²) >= 11 is 0. The Labute approximate surface area is 240 Å². The van der Waals surface area contributed by atoms with E-state index < -0.39 is 10.0 Å². The smallest absolute Gasteiger partial charge is 0.261 e. The van der Waals surface area contributed by atoms with Gasteiger partial charge in [0.1, 0.15) is 5.82 Å². The molecule has 4 heterocycles. The fourth-order valence-corrected chi connectivity index (χ4v) is 6.61. The van der Waals surface area contributed by atoms with Gasteiger partial charge in [-0.3, -0.25) is 19.6 Å². The van der Waals surface area contributed by atoms with Gasteiger partial charge in [-0.2, -0.15) is 10.1 Å². The molecule has 3 aromatic carbocycles. The van der Waals surface area contributed by atoms with E-state index >= 15 is 0 Å². The van der Waals surface area contributed by atoms with E-state index in [4.69, 9.17) is 4.98 Å². The molecule has 210 valence electrons. The number of H-pyrrole nitrogens is 1. The first-order chi connectivity index (χ1) is 20.4. The standard InChI is InChI=1S/C29H24N8O4S/c38-27-20-5-1-2-6-21(20)28(39)37(27)14-4-13-36(24-8-3-7-23-22(24)17-31-35-23)26-11-12-30-29(34-26)33-19-10-9-18-16-32-42(40,41)25(18)15-19/h1-3,5-12,15,17,32H,4,13-14,16H2,(H,31,35)(H,30,33,34). The lowest BCUT2D eigenvalue weighted by molar-refractivity contribution is 0.0653. The van der Waals surface area contributed by atoms with Gasteiger partial charge in [-0.05, 0) is 54.4 Å². The summed E-state index contributed by atoms with van der Waals surface area (Å²) in [6, 6.07) is 19.5. The van der Waals surface area contributed by atoms with E-state index in [0.29, 0.717) is 41.2 Å². The molecular formula is C29H24N8O4S. The van der Waals surface area contributed by atoms with E-state index in [9.17, 15) is 18.0 Å². The number of hydrogen-bond donors (Lipinski definition) is 3. The van der Waals surface area contributed by atoms with Crippen molar-refractivity contribution in [3.05, 3.63) is 95.8 Å². The van der Waals surface area contributed by atoms with Gasteiger partial charge in [0, 0.05) is 36.9 Å². The summed E-state index contributed by atoms with van der Waals surface area (Å²) in [4.78, 5) is 38.4. The molecule has 0 aliphatic carbocycles. The summed E-state index contributed by atoms with van der Waals surface area (Å²) in [5.74, 6) is 0.262. The van der Waals surface area contributed by atoms with Crippen LogP contribution in [0.3, 0.4) is 0 Å². The topological polar surface area (TPSA) is 153 Å². The molecule has 2 amide bonds. The van der Waals surface area contributed by atoms with Crippen LogP contribution in [0.25, 0.3) is 10.9 Å². The Hall–Kier alpha value is -5.14. The van der Waals surface area contributed by atoms with Crippen LogP contribution >= 0.6 is 0 Å². The number of carbonyl (C=O) groups excluding carboxylic acids is 2. The molecule has 0 radical (unpaired) electrons. The van der Waals surface area contributed by atoms with E-state index in [1.807, 2.05) is 23.1 Å². The summed E-state index contributed by atoms with van der Waals surface area (Å²) in [7, 11) is -3.54. The second kappa shape index (κ2) is 10.0. The molecule has 0 unspecified atom stereocenters. The van der Waals surface area contributed by atoms with Gasteiger partial charge in [0.25, 0.3) is 11.8 Å². The van der Waals surface area contributed by atoms with Crippen LogP contribution in [-0.4, -0.2) is 58.4 Å². The first-order valence-corrected chi connectivity index (χ1v) is 14.7. The number of anilines is 4. The molecule has 3 N–H and O–H groups in total. The van der Waals surface area contributed by atoms with Crippen molar-refractivity contribution in [2.75, 3.05) is 23.3 Å². The quantitative estimate of drug-likeness (QED) is 0.233. The number of imide groups is 1. The Morgan fingerprint density at radius 2 is 1.79 bits per heavy atom. The minimum Gasteiger partial charge on any atom is -0.325 e. The van der Waals surface area contributed by atoms with Crippen molar-refractivity contribution in [3.63, 3.8) is 0 Å². The predicted octanol–water partition coefficient (Wildman–Crippen LogP) is 3.71. The zero-order valence-corrected chi connectivity index (χ0v) is 22.9. The lowest BCUT2D eigenvalue weighted by Crippen LogP contribution is -2.33. The maximum absolute atomic E-state index is 12.9. The third-order valence-electron chi connectivity index (χ3n) is 7.38. The normalized spacial score (nSPS) is 15.2. The summed E-state index contributed by atoms with van der Waals surface area (Å²) in [5, 5.41) is 11.2. The van der Waals surface area contributed by atoms with E-state index in [2.05, 4.69) is 25.2 Å². The summed E-state index contributed by atoms with van der Waals surface area (Å²) in [5.41, 5.74) is 3.76. The van der Waals surface area contributed by atoms with Crippen molar-refractivity contribution in [2.24, 2.45) is 0 Å². The maximum atomic E-state index is 12.9. The molecule has 2 aliphatic heterocycles. The van der Waals surface area contributed by atoms with Gasteiger partial charge in [0.05, 0.1) is 33.4 Å². The molecule has 2 aliphatic rings. The molecule has 0 fully saturated rings. The molecule has 0 saturated carbocycles. The van der Waals surface area contributed by atoms with Gasteiger partial charge in [-0.15, -0.1) is 0 Å². The summed E-state index contributed by atoms with van der Waals surface area (Å²) in [6.07, 6.45) is 3.83. The highest BCUT2D eigenvalue weighted by Crippen LogP contribution is 2.32. The van der Waals surface area contributed by atoms with E-state index in [-0.39, 0.29) is 35.7 Å². The number of amides is 2. The van der Waals surface area contributed by atoms with E-state index in [0.717, 1.165) is 16.6 Å². The van der Waals surface area contributed by atoms with Gasteiger partial charge >= 0.3 is 0 Å². The first kappa shape index (κ1) is 25.8. The highest BCUT2D eigenvalue weighted by Gasteiger charge is 2.34. The monoisotopic (exact) mass is 580 g/mol. The first-order valence-electron chi connectivity index (χ1n) is 13.3. The molecule has 13 heteroatoms. The number of benzene rings is 3. The Balaban J connectivity index is 1.17. The highest BCUT2D eigenvalue weighted by atomic mass is 32.2. The molecule has 0 atom stereocenters. The van der Waals surface area contributed by atoms with Crippen molar-refractivity contribution in [1.82, 2.24) is 29.8 Å². The van der Waals surface area contributed by atoms with Gasteiger partial charge in [0.2, 0.25) is 16.0 Å². The van der Waals surface area contributed by atoms with E-state index in [1.54, 1.807) is 60.9 Å². The number of aromatic nitrogens is 4. The van der Waals surface area contributed by atoms with Gasteiger partial charge in [0.15, 0.2) is 0 Å². The van der Waals surface area contributed by atoms with Crippen LogP contribution in [0.2, 0.25) is 0 Å². The maximum Gasteiger partial charge on any atom is 0.261 e. The van der Waals surface area contributed by atoms with Crippen LogP contribution in [0, 0.1) is 0 Å².